The fourth-order valence-electron chi connectivity index (χ4n) is 1.89. The van der Waals surface area contributed by atoms with Crippen molar-refractivity contribution < 1.29 is 4.79 Å². The van der Waals surface area contributed by atoms with E-state index in [-0.39, 0.29) is 5.91 Å². The molecule has 1 amide bonds. The lowest BCUT2D eigenvalue weighted by atomic mass is 9.82. The molecule has 15 heavy (non-hydrogen) atoms. The van der Waals surface area contributed by atoms with E-state index < -0.39 is 0 Å². The summed E-state index contributed by atoms with van der Waals surface area (Å²) in [5, 5.41) is 3.03. The van der Waals surface area contributed by atoms with Gasteiger partial charge in [-0.15, -0.1) is 0 Å². The first-order valence-corrected chi connectivity index (χ1v) is 6.01. The average Bonchev–Trinajstić information content (AvgIpc) is 2.16. The zero-order chi connectivity index (χ0) is 10.8. The molecule has 3 heteroatoms. The van der Waals surface area contributed by atoms with Crippen LogP contribution in [0.3, 0.4) is 0 Å². The molecule has 0 unspecified atom stereocenters. The summed E-state index contributed by atoms with van der Waals surface area (Å²) < 4.78 is 0.997. The van der Waals surface area contributed by atoms with Crippen molar-refractivity contribution in [1.82, 2.24) is 5.32 Å². The summed E-state index contributed by atoms with van der Waals surface area (Å²) in [6.45, 7) is 2.21. The molecule has 2 rings (SSSR count). The molecule has 80 valence electrons. The molecule has 1 fully saturated rings. The zero-order valence-corrected chi connectivity index (χ0v) is 10.3. The van der Waals surface area contributed by atoms with Gasteiger partial charge in [0.05, 0.1) is 0 Å². The van der Waals surface area contributed by atoms with E-state index in [1.165, 1.54) is 0 Å². The number of carbonyl (C=O) groups is 1. The quantitative estimate of drug-likeness (QED) is 0.877. The van der Waals surface area contributed by atoms with Gasteiger partial charge in [0.25, 0.3) is 5.91 Å². The molecule has 0 bridgehead atoms. The Hall–Kier alpha value is -0.830. The molecule has 0 atom stereocenters. The van der Waals surface area contributed by atoms with Gasteiger partial charge in [0.15, 0.2) is 0 Å². The van der Waals surface area contributed by atoms with Crippen LogP contribution in [0, 0.1) is 5.92 Å². The summed E-state index contributed by atoms with van der Waals surface area (Å²) >= 11 is 3.35. The third-order valence-corrected chi connectivity index (χ3v) is 3.34. The topological polar surface area (TPSA) is 29.1 Å². The summed E-state index contributed by atoms with van der Waals surface area (Å²) in [6.07, 6.45) is 2.23. The first-order chi connectivity index (χ1) is 7.15. The first-order valence-electron chi connectivity index (χ1n) is 5.21. The standard InChI is InChI=1S/C12H14BrNO/c1-8-6-11(7-8)14-12(15)9-2-4-10(13)5-3-9/h2-5,8,11H,6-7H2,1H3,(H,14,15). The number of rotatable bonds is 2. The molecular weight excluding hydrogens is 254 g/mol. The molecule has 0 aliphatic heterocycles. The van der Waals surface area contributed by atoms with E-state index in [1.807, 2.05) is 24.3 Å². The molecule has 0 spiro atoms. The van der Waals surface area contributed by atoms with Crippen molar-refractivity contribution in [3.8, 4) is 0 Å². The lowest BCUT2D eigenvalue weighted by Gasteiger charge is -2.33. The van der Waals surface area contributed by atoms with Gasteiger partial charge in [0.2, 0.25) is 0 Å². The second kappa shape index (κ2) is 4.35. The number of hydrogen-bond donors (Lipinski definition) is 1. The highest BCUT2D eigenvalue weighted by Crippen LogP contribution is 2.26. The summed E-state index contributed by atoms with van der Waals surface area (Å²) in [6, 6.07) is 7.83. The molecule has 1 aliphatic carbocycles. The van der Waals surface area contributed by atoms with Crippen molar-refractivity contribution in [3.63, 3.8) is 0 Å². The van der Waals surface area contributed by atoms with E-state index >= 15 is 0 Å². The SMILES string of the molecule is CC1CC(NC(=O)c2ccc(Br)cc2)C1. The maximum absolute atomic E-state index is 11.7. The van der Waals surface area contributed by atoms with Gasteiger partial charge in [-0.05, 0) is 43.0 Å². The van der Waals surface area contributed by atoms with Crippen molar-refractivity contribution in [3.05, 3.63) is 34.3 Å². The van der Waals surface area contributed by atoms with Gasteiger partial charge in [-0.1, -0.05) is 22.9 Å². The van der Waals surface area contributed by atoms with Crippen LogP contribution >= 0.6 is 15.9 Å². The highest BCUT2D eigenvalue weighted by Gasteiger charge is 2.26. The lowest BCUT2D eigenvalue weighted by Crippen LogP contribution is -2.43. The van der Waals surface area contributed by atoms with Crippen molar-refractivity contribution in [2.24, 2.45) is 5.92 Å². The van der Waals surface area contributed by atoms with Crippen molar-refractivity contribution in [2.45, 2.75) is 25.8 Å². The van der Waals surface area contributed by atoms with Crippen LogP contribution in [-0.4, -0.2) is 11.9 Å². The third-order valence-electron chi connectivity index (χ3n) is 2.82. The monoisotopic (exact) mass is 267 g/mol. The normalized spacial score (nSPS) is 24.4. The largest absolute Gasteiger partial charge is 0.349 e. The summed E-state index contributed by atoms with van der Waals surface area (Å²) in [5.74, 6) is 0.805. The van der Waals surface area contributed by atoms with E-state index in [0.717, 1.165) is 28.8 Å². The van der Waals surface area contributed by atoms with Crippen molar-refractivity contribution in [1.29, 1.82) is 0 Å². The Morgan fingerprint density at radius 3 is 2.47 bits per heavy atom. The number of amides is 1. The molecule has 2 nitrogen and oxygen atoms in total. The number of halogens is 1. The van der Waals surface area contributed by atoms with Gasteiger partial charge in [-0.25, -0.2) is 0 Å². The van der Waals surface area contributed by atoms with Crippen LogP contribution in [-0.2, 0) is 0 Å². The van der Waals surface area contributed by atoms with Gasteiger partial charge in [-0.2, -0.15) is 0 Å². The zero-order valence-electron chi connectivity index (χ0n) is 8.66. The molecule has 0 aromatic heterocycles. The van der Waals surface area contributed by atoms with Gasteiger partial charge < -0.3 is 5.32 Å². The summed E-state index contributed by atoms with van der Waals surface area (Å²) in [7, 11) is 0. The third kappa shape index (κ3) is 2.59. The molecule has 0 radical (unpaired) electrons. The number of carbonyl (C=O) groups excluding carboxylic acids is 1. The molecule has 1 aliphatic rings. The fourth-order valence-corrected chi connectivity index (χ4v) is 2.15. The van der Waals surface area contributed by atoms with Crippen LogP contribution in [0.25, 0.3) is 0 Å². The first kappa shape index (κ1) is 10.7. The summed E-state index contributed by atoms with van der Waals surface area (Å²) in [5.41, 5.74) is 0.734. The van der Waals surface area contributed by atoms with E-state index in [9.17, 15) is 4.79 Å². The van der Waals surface area contributed by atoms with Crippen LogP contribution < -0.4 is 5.32 Å². The van der Waals surface area contributed by atoms with Crippen LogP contribution in [0.1, 0.15) is 30.1 Å². The van der Waals surface area contributed by atoms with Gasteiger partial charge in [-0.3, -0.25) is 4.79 Å². The number of nitrogens with one attached hydrogen (secondary N) is 1. The van der Waals surface area contributed by atoms with Crippen LogP contribution in [0.5, 0.6) is 0 Å². The molecule has 1 aromatic carbocycles. The predicted octanol–water partition coefficient (Wildman–Crippen LogP) is 2.98. The second-order valence-corrected chi connectivity index (χ2v) is 5.17. The predicted molar refractivity (Wildman–Crippen MR) is 63.8 cm³/mol. The number of hydrogen-bond acceptors (Lipinski definition) is 1. The minimum Gasteiger partial charge on any atom is -0.349 e. The van der Waals surface area contributed by atoms with Crippen molar-refractivity contribution >= 4 is 21.8 Å². The van der Waals surface area contributed by atoms with Crippen LogP contribution in [0.15, 0.2) is 28.7 Å². The minimum absolute atomic E-state index is 0.0411. The molecule has 1 saturated carbocycles. The molecular formula is C12H14BrNO. The molecule has 0 saturated heterocycles. The fraction of sp³-hybridized carbons (Fsp3) is 0.417. The van der Waals surface area contributed by atoms with E-state index in [1.54, 1.807) is 0 Å². The Balaban J connectivity index is 1.93. The smallest absolute Gasteiger partial charge is 0.251 e. The average molecular weight is 268 g/mol. The van der Waals surface area contributed by atoms with Crippen molar-refractivity contribution in [2.75, 3.05) is 0 Å². The van der Waals surface area contributed by atoms with E-state index in [2.05, 4.69) is 28.2 Å². The molecule has 0 heterocycles. The Labute approximate surface area is 98.2 Å². The molecule has 1 aromatic rings. The van der Waals surface area contributed by atoms with Gasteiger partial charge in [0.1, 0.15) is 0 Å². The lowest BCUT2D eigenvalue weighted by molar-refractivity contribution is 0.0896. The Morgan fingerprint density at radius 1 is 1.33 bits per heavy atom. The van der Waals surface area contributed by atoms with Crippen LogP contribution in [0.4, 0.5) is 0 Å². The number of benzene rings is 1. The summed E-state index contributed by atoms with van der Waals surface area (Å²) in [4.78, 5) is 11.7. The molecule has 1 N–H and O–H groups in total. The van der Waals surface area contributed by atoms with Crippen LogP contribution in [0.2, 0.25) is 0 Å². The Morgan fingerprint density at radius 2 is 1.93 bits per heavy atom. The second-order valence-electron chi connectivity index (χ2n) is 4.25. The highest BCUT2D eigenvalue weighted by molar-refractivity contribution is 9.10. The maximum atomic E-state index is 11.7. The highest BCUT2D eigenvalue weighted by atomic mass is 79.9. The maximum Gasteiger partial charge on any atom is 0.251 e. The Bertz CT molecular complexity index is 354. The van der Waals surface area contributed by atoms with Gasteiger partial charge in [0, 0.05) is 16.1 Å². The Kier molecular flexibility index (Phi) is 3.10. The minimum atomic E-state index is 0.0411. The van der Waals surface area contributed by atoms with Gasteiger partial charge >= 0.3 is 0 Å². The van der Waals surface area contributed by atoms with E-state index in [0.29, 0.717) is 6.04 Å². The van der Waals surface area contributed by atoms with E-state index in [4.69, 9.17) is 0 Å².